The SMILES string of the molecule is CC1(C)Oc2cc(N)cc(Cl)c2N(c2ccc(F)cc2)C1C=O. The average molecular weight is 335 g/mol. The van der Waals surface area contributed by atoms with Crippen LogP contribution < -0.4 is 15.4 Å². The number of aldehydes is 1. The Balaban J connectivity index is 2.26. The largest absolute Gasteiger partial charge is 0.483 e. The highest BCUT2D eigenvalue weighted by molar-refractivity contribution is 6.34. The number of rotatable bonds is 2. The quantitative estimate of drug-likeness (QED) is 0.667. The second kappa shape index (κ2) is 5.42. The zero-order valence-corrected chi connectivity index (χ0v) is 13.5. The molecule has 0 aromatic heterocycles. The summed E-state index contributed by atoms with van der Waals surface area (Å²) in [6.07, 6.45) is 0.805. The summed E-state index contributed by atoms with van der Waals surface area (Å²) >= 11 is 6.35. The summed E-state index contributed by atoms with van der Waals surface area (Å²) in [6.45, 7) is 3.62. The van der Waals surface area contributed by atoms with E-state index in [9.17, 15) is 9.18 Å². The molecule has 1 atom stereocenters. The van der Waals surface area contributed by atoms with Crippen LogP contribution in [0.2, 0.25) is 5.02 Å². The minimum Gasteiger partial charge on any atom is -0.483 e. The third-order valence-corrected chi connectivity index (χ3v) is 4.18. The van der Waals surface area contributed by atoms with Crippen LogP contribution in [0, 0.1) is 5.82 Å². The summed E-state index contributed by atoms with van der Waals surface area (Å²) in [5, 5.41) is 0.367. The van der Waals surface area contributed by atoms with Crippen molar-refractivity contribution in [2.45, 2.75) is 25.5 Å². The molecule has 1 unspecified atom stereocenters. The van der Waals surface area contributed by atoms with Crippen molar-refractivity contribution in [1.82, 2.24) is 0 Å². The smallest absolute Gasteiger partial charge is 0.147 e. The molecule has 2 aromatic rings. The summed E-state index contributed by atoms with van der Waals surface area (Å²) in [4.78, 5) is 13.5. The predicted molar refractivity (Wildman–Crippen MR) is 89.0 cm³/mol. The van der Waals surface area contributed by atoms with Gasteiger partial charge in [-0.3, -0.25) is 0 Å². The van der Waals surface area contributed by atoms with Gasteiger partial charge < -0.3 is 20.2 Å². The summed E-state index contributed by atoms with van der Waals surface area (Å²) < 4.78 is 19.2. The number of fused-ring (bicyclic) bond motifs is 1. The molecule has 1 aliphatic rings. The van der Waals surface area contributed by atoms with Gasteiger partial charge in [0.25, 0.3) is 0 Å². The van der Waals surface area contributed by atoms with Crippen molar-refractivity contribution in [3.8, 4) is 5.75 Å². The average Bonchev–Trinajstić information content (AvgIpc) is 2.45. The fourth-order valence-corrected chi connectivity index (χ4v) is 3.13. The second-order valence-corrected chi connectivity index (χ2v) is 6.39. The third kappa shape index (κ3) is 2.61. The van der Waals surface area contributed by atoms with Crippen LogP contribution in [0.4, 0.5) is 21.5 Å². The maximum atomic E-state index is 13.3. The maximum absolute atomic E-state index is 13.3. The van der Waals surface area contributed by atoms with Gasteiger partial charge in [-0.25, -0.2) is 4.39 Å². The van der Waals surface area contributed by atoms with Crippen LogP contribution in [0.1, 0.15) is 13.8 Å². The number of nitrogens with two attached hydrogens (primary N) is 1. The zero-order valence-electron chi connectivity index (χ0n) is 12.7. The van der Waals surface area contributed by atoms with Gasteiger partial charge in [-0.2, -0.15) is 0 Å². The predicted octanol–water partition coefficient (Wildman–Crippen LogP) is 3.94. The van der Waals surface area contributed by atoms with E-state index >= 15 is 0 Å². The van der Waals surface area contributed by atoms with Crippen LogP contribution in [-0.2, 0) is 4.79 Å². The van der Waals surface area contributed by atoms with Crippen molar-refractivity contribution in [1.29, 1.82) is 0 Å². The molecule has 120 valence electrons. The van der Waals surface area contributed by atoms with Crippen molar-refractivity contribution in [3.05, 3.63) is 47.2 Å². The molecule has 6 heteroatoms. The monoisotopic (exact) mass is 334 g/mol. The van der Waals surface area contributed by atoms with Crippen LogP contribution in [0.15, 0.2) is 36.4 Å². The van der Waals surface area contributed by atoms with Gasteiger partial charge in [0.1, 0.15) is 35.2 Å². The molecule has 2 N–H and O–H groups in total. The first kappa shape index (κ1) is 15.6. The molecular formula is C17H16ClFN2O2. The lowest BCUT2D eigenvalue weighted by molar-refractivity contribution is -0.112. The minimum atomic E-state index is -0.805. The Morgan fingerprint density at radius 2 is 1.96 bits per heavy atom. The molecule has 1 aliphatic heterocycles. The normalized spacial score (nSPS) is 19.0. The highest BCUT2D eigenvalue weighted by Gasteiger charge is 2.43. The summed E-state index contributed by atoms with van der Waals surface area (Å²) in [7, 11) is 0. The number of nitrogen functional groups attached to an aromatic ring is 1. The van der Waals surface area contributed by atoms with Crippen LogP contribution in [0.3, 0.4) is 0 Å². The molecule has 0 amide bonds. The Bertz CT molecular complexity index is 762. The summed E-state index contributed by atoms with van der Waals surface area (Å²) in [5.41, 5.74) is 6.69. The molecule has 23 heavy (non-hydrogen) atoms. The number of hydrogen-bond donors (Lipinski definition) is 1. The van der Waals surface area contributed by atoms with Crippen molar-refractivity contribution in [2.75, 3.05) is 10.6 Å². The zero-order chi connectivity index (χ0) is 16.8. The third-order valence-electron chi connectivity index (χ3n) is 3.89. The van der Waals surface area contributed by atoms with E-state index < -0.39 is 11.6 Å². The number of carbonyl (C=O) groups is 1. The number of benzene rings is 2. The summed E-state index contributed by atoms with van der Waals surface area (Å²) in [6, 6.07) is 8.52. The minimum absolute atomic E-state index is 0.354. The highest BCUT2D eigenvalue weighted by atomic mass is 35.5. The molecule has 0 saturated heterocycles. The van der Waals surface area contributed by atoms with E-state index in [1.54, 1.807) is 29.2 Å². The topological polar surface area (TPSA) is 55.6 Å². The molecular weight excluding hydrogens is 319 g/mol. The lowest BCUT2D eigenvalue weighted by atomic mass is 9.94. The maximum Gasteiger partial charge on any atom is 0.147 e. The van der Waals surface area contributed by atoms with E-state index in [1.165, 1.54) is 12.1 Å². The van der Waals surface area contributed by atoms with Gasteiger partial charge in [-0.1, -0.05) is 11.6 Å². The molecule has 0 radical (unpaired) electrons. The highest BCUT2D eigenvalue weighted by Crippen LogP contribution is 2.48. The Morgan fingerprint density at radius 3 is 2.57 bits per heavy atom. The van der Waals surface area contributed by atoms with Crippen molar-refractivity contribution < 1.29 is 13.9 Å². The van der Waals surface area contributed by atoms with Crippen molar-refractivity contribution in [3.63, 3.8) is 0 Å². The van der Waals surface area contributed by atoms with Gasteiger partial charge in [0.2, 0.25) is 0 Å². The first-order valence-corrected chi connectivity index (χ1v) is 7.49. The van der Waals surface area contributed by atoms with E-state index in [-0.39, 0.29) is 5.82 Å². The van der Waals surface area contributed by atoms with E-state index in [0.29, 0.717) is 27.8 Å². The molecule has 0 fully saturated rings. The number of ether oxygens (including phenoxy) is 1. The lowest BCUT2D eigenvalue weighted by Crippen LogP contribution is -2.55. The van der Waals surface area contributed by atoms with E-state index in [0.717, 1.165) is 6.29 Å². The fourth-order valence-electron chi connectivity index (χ4n) is 2.82. The van der Waals surface area contributed by atoms with Gasteiger partial charge >= 0.3 is 0 Å². The van der Waals surface area contributed by atoms with E-state index in [1.807, 2.05) is 13.8 Å². The summed E-state index contributed by atoms with van der Waals surface area (Å²) in [5.74, 6) is 0.134. The van der Waals surface area contributed by atoms with Gasteiger partial charge in [0, 0.05) is 17.4 Å². The van der Waals surface area contributed by atoms with E-state index in [4.69, 9.17) is 22.1 Å². The Hall–Kier alpha value is -2.27. The van der Waals surface area contributed by atoms with Gasteiger partial charge in [0.15, 0.2) is 0 Å². The molecule has 1 heterocycles. The number of carbonyl (C=O) groups excluding carboxylic acids is 1. The second-order valence-electron chi connectivity index (χ2n) is 5.98. The first-order valence-electron chi connectivity index (χ1n) is 7.11. The Morgan fingerprint density at radius 1 is 1.30 bits per heavy atom. The van der Waals surface area contributed by atoms with Crippen LogP contribution >= 0.6 is 11.6 Å². The molecule has 3 rings (SSSR count). The van der Waals surface area contributed by atoms with Gasteiger partial charge in [0.05, 0.1) is 5.02 Å². The van der Waals surface area contributed by atoms with Crippen LogP contribution in [0.5, 0.6) is 5.75 Å². The van der Waals surface area contributed by atoms with Gasteiger partial charge in [-0.05, 0) is 44.2 Å². The molecule has 0 bridgehead atoms. The van der Waals surface area contributed by atoms with Crippen LogP contribution in [-0.4, -0.2) is 17.9 Å². The first-order chi connectivity index (χ1) is 10.8. The number of halogens is 2. The van der Waals surface area contributed by atoms with Crippen molar-refractivity contribution in [2.24, 2.45) is 0 Å². The standard InChI is InChI=1S/C17H16ClFN2O2/c1-17(2)15(9-22)21(12-5-3-10(19)4-6-12)16-13(18)7-11(20)8-14(16)23-17/h3-9,15H,20H2,1-2H3. The fraction of sp³-hybridized carbons (Fsp3) is 0.235. The Labute approximate surface area is 138 Å². The molecule has 0 aliphatic carbocycles. The van der Waals surface area contributed by atoms with Crippen LogP contribution in [0.25, 0.3) is 0 Å². The van der Waals surface area contributed by atoms with Crippen molar-refractivity contribution >= 4 is 34.9 Å². The number of nitrogens with zero attached hydrogens (tertiary/aromatic N) is 1. The Kier molecular flexibility index (Phi) is 3.68. The number of anilines is 3. The molecule has 4 nitrogen and oxygen atoms in total. The molecule has 0 saturated carbocycles. The van der Waals surface area contributed by atoms with E-state index in [2.05, 4.69) is 0 Å². The number of hydrogen-bond acceptors (Lipinski definition) is 4. The molecule has 0 spiro atoms. The van der Waals surface area contributed by atoms with Gasteiger partial charge in [-0.15, -0.1) is 0 Å². The lowest BCUT2D eigenvalue weighted by Gasteiger charge is -2.46. The molecule has 2 aromatic carbocycles.